The number of carboxylic acid groups (broad SMARTS) is 1. The number of likely N-dealkylation sites (N-methyl/N-ethyl adjacent to an activating group) is 1. The second-order valence-corrected chi connectivity index (χ2v) is 7.64. The van der Waals surface area contributed by atoms with Crippen LogP contribution < -0.4 is 10.5 Å². The average Bonchev–Trinajstić information content (AvgIpc) is 2.50. The van der Waals surface area contributed by atoms with E-state index in [9.17, 15) is 14.7 Å². The molecule has 6 nitrogen and oxygen atoms in total. The number of carbonyl (C=O) groups is 2. The summed E-state index contributed by atoms with van der Waals surface area (Å²) in [7, 11) is 1.49. The highest BCUT2D eigenvalue weighted by molar-refractivity contribution is 5.87. The molecule has 0 bridgehead atoms. The summed E-state index contributed by atoms with van der Waals surface area (Å²) < 4.78 is 5.76. The molecule has 1 amide bonds. The van der Waals surface area contributed by atoms with Gasteiger partial charge in [-0.3, -0.25) is 4.79 Å². The number of hydrogen-bond donors (Lipinski definition) is 2. The molecule has 1 aromatic carbocycles. The Morgan fingerprint density at radius 2 is 1.72 bits per heavy atom. The van der Waals surface area contributed by atoms with Crippen LogP contribution in [0.1, 0.15) is 40.2 Å². The molecule has 2 atom stereocenters. The maximum absolute atomic E-state index is 12.3. The molecular weight excluding hydrogens is 320 g/mol. The van der Waals surface area contributed by atoms with Gasteiger partial charge in [0.2, 0.25) is 5.91 Å². The van der Waals surface area contributed by atoms with E-state index in [4.69, 9.17) is 10.5 Å². The van der Waals surface area contributed by atoms with Crippen molar-refractivity contribution in [1.82, 2.24) is 4.90 Å². The number of rotatable bonds is 7. The summed E-state index contributed by atoms with van der Waals surface area (Å²) >= 11 is 0. The monoisotopic (exact) mass is 350 g/mol. The largest absolute Gasteiger partial charge is 0.488 e. The normalized spacial score (nSPS) is 14.1. The van der Waals surface area contributed by atoms with Crippen molar-refractivity contribution in [2.75, 3.05) is 7.05 Å². The van der Waals surface area contributed by atoms with Crippen LogP contribution in [0.25, 0.3) is 0 Å². The molecule has 0 unspecified atom stereocenters. The lowest BCUT2D eigenvalue weighted by atomic mass is 10.0. The molecule has 3 N–H and O–H groups in total. The summed E-state index contributed by atoms with van der Waals surface area (Å²) in [6, 6.07) is 5.57. The molecule has 0 radical (unpaired) electrons. The number of aliphatic carboxylic acids is 1. The van der Waals surface area contributed by atoms with Crippen LogP contribution >= 0.6 is 0 Å². The molecule has 0 heterocycles. The van der Waals surface area contributed by atoms with Gasteiger partial charge in [0.1, 0.15) is 17.4 Å². The first-order valence-corrected chi connectivity index (χ1v) is 8.45. The summed E-state index contributed by atoms with van der Waals surface area (Å²) in [5.41, 5.74) is 6.38. The highest BCUT2D eigenvalue weighted by atomic mass is 16.5. The number of nitrogens with two attached hydrogens (primary N) is 1. The molecule has 0 aliphatic rings. The van der Waals surface area contributed by atoms with Gasteiger partial charge in [-0.1, -0.05) is 26.0 Å². The highest BCUT2D eigenvalue weighted by Crippen LogP contribution is 2.20. The lowest BCUT2D eigenvalue weighted by Gasteiger charge is -2.29. The van der Waals surface area contributed by atoms with Crippen molar-refractivity contribution in [3.63, 3.8) is 0 Å². The van der Waals surface area contributed by atoms with E-state index in [0.29, 0.717) is 0 Å². The van der Waals surface area contributed by atoms with E-state index >= 15 is 0 Å². The lowest BCUT2D eigenvalue weighted by molar-refractivity contribution is -0.149. The van der Waals surface area contributed by atoms with Crippen molar-refractivity contribution >= 4 is 11.9 Å². The van der Waals surface area contributed by atoms with Gasteiger partial charge in [0, 0.05) is 13.5 Å². The number of ether oxygens (including phenoxy) is 1. The Kier molecular flexibility index (Phi) is 6.99. The highest BCUT2D eigenvalue weighted by Gasteiger charge is 2.30. The Bertz CT molecular complexity index is 590. The quantitative estimate of drug-likeness (QED) is 0.787. The molecule has 0 aromatic heterocycles. The van der Waals surface area contributed by atoms with Gasteiger partial charge in [0.15, 0.2) is 0 Å². The number of benzene rings is 1. The third-order valence-corrected chi connectivity index (χ3v) is 3.88. The van der Waals surface area contributed by atoms with Gasteiger partial charge in [-0.2, -0.15) is 0 Å². The second-order valence-electron chi connectivity index (χ2n) is 7.64. The molecule has 1 aromatic rings. The molecule has 0 spiro atoms. The smallest absolute Gasteiger partial charge is 0.326 e. The Balaban J connectivity index is 2.88. The molecule has 0 saturated carbocycles. The van der Waals surface area contributed by atoms with Crippen molar-refractivity contribution in [3.05, 3.63) is 29.8 Å². The minimum absolute atomic E-state index is 0.0572. The van der Waals surface area contributed by atoms with Crippen molar-refractivity contribution < 1.29 is 19.4 Å². The topological polar surface area (TPSA) is 92.9 Å². The van der Waals surface area contributed by atoms with E-state index in [0.717, 1.165) is 11.3 Å². The van der Waals surface area contributed by atoms with Crippen LogP contribution in [0.2, 0.25) is 0 Å². The fourth-order valence-corrected chi connectivity index (χ4v) is 2.33. The van der Waals surface area contributed by atoms with Crippen LogP contribution in [0.3, 0.4) is 0 Å². The van der Waals surface area contributed by atoms with Gasteiger partial charge in [-0.25, -0.2) is 4.79 Å². The number of carbonyl (C=O) groups excluding carboxylic acids is 1. The molecule has 0 aliphatic heterocycles. The molecule has 1 rings (SSSR count). The minimum atomic E-state index is -1.05. The summed E-state index contributed by atoms with van der Waals surface area (Å²) in [4.78, 5) is 25.2. The Labute approximate surface area is 150 Å². The van der Waals surface area contributed by atoms with Crippen molar-refractivity contribution in [2.45, 2.75) is 58.7 Å². The molecule has 6 heteroatoms. The van der Waals surface area contributed by atoms with E-state index in [-0.39, 0.29) is 23.8 Å². The van der Waals surface area contributed by atoms with E-state index in [2.05, 4.69) is 0 Å². The number of hydrogen-bond acceptors (Lipinski definition) is 4. The molecule has 140 valence electrons. The lowest BCUT2D eigenvalue weighted by Crippen LogP contribution is -2.51. The van der Waals surface area contributed by atoms with Crippen molar-refractivity contribution in [2.24, 2.45) is 11.7 Å². The van der Waals surface area contributed by atoms with E-state index in [1.165, 1.54) is 11.9 Å². The zero-order valence-electron chi connectivity index (χ0n) is 15.9. The van der Waals surface area contributed by atoms with E-state index in [1.807, 2.05) is 46.8 Å². The predicted molar refractivity (Wildman–Crippen MR) is 97.5 cm³/mol. The fourth-order valence-electron chi connectivity index (χ4n) is 2.33. The fraction of sp³-hybridized carbons (Fsp3) is 0.579. The maximum Gasteiger partial charge on any atom is 0.326 e. The van der Waals surface area contributed by atoms with E-state index < -0.39 is 18.1 Å². The zero-order chi connectivity index (χ0) is 19.4. The van der Waals surface area contributed by atoms with Crippen molar-refractivity contribution in [1.29, 1.82) is 0 Å². The minimum Gasteiger partial charge on any atom is -0.488 e. The average molecular weight is 350 g/mol. The van der Waals surface area contributed by atoms with Crippen molar-refractivity contribution in [3.8, 4) is 5.75 Å². The van der Waals surface area contributed by atoms with Crippen LogP contribution in [0.4, 0.5) is 0 Å². The molecule has 0 fully saturated rings. The first-order chi connectivity index (χ1) is 11.4. The zero-order valence-corrected chi connectivity index (χ0v) is 15.9. The first kappa shape index (κ1) is 21.0. The summed E-state index contributed by atoms with van der Waals surface area (Å²) in [5.74, 6) is -0.760. The molecule has 0 saturated heterocycles. The number of nitrogens with zero attached hydrogens (tertiary/aromatic N) is 1. The molecular formula is C19H30N2O4. The Hall–Kier alpha value is -2.08. The third kappa shape index (κ3) is 6.38. The van der Waals surface area contributed by atoms with Gasteiger partial charge in [-0.15, -0.1) is 0 Å². The maximum atomic E-state index is 12.3. The van der Waals surface area contributed by atoms with Crippen LogP contribution in [-0.2, 0) is 16.0 Å². The van der Waals surface area contributed by atoms with Crippen LogP contribution in [0, 0.1) is 5.92 Å². The Morgan fingerprint density at radius 3 is 2.12 bits per heavy atom. The van der Waals surface area contributed by atoms with Crippen LogP contribution in [0.5, 0.6) is 5.75 Å². The van der Waals surface area contributed by atoms with Gasteiger partial charge in [-0.05, 0) is 44.4 Å². The van der Waals surface area contributed by atoms with Gasteiger partial charge in [0.05, 0.1) is 6.04 Å². The third-order valence-electron chi connectivity index (χ3n) is 3.88. The number of amides is 1. The predicted octanol–water partition coefficient (Wildman–Crippen LogP) is 2.30. The van der Waals surface area contributed by atoms with Crippen LogP contribution in [-0.4, -0.2) is 46.6 Å². The summed E-state index contributed by atoms with van der Waals surface area (Å²) in [5, 5.41) is 9.52. The second kappa shape index (κ2) is 8.34. The SMILES string of the molecule is CC(C)[C@H](N)C(=O)N(C)[C@H](Cc1ccc(OC(C)(C)C)cc1)C(=O)O. The van der Waals surface area contributed by atoms with Crippen LogP contribution in [0.15, 0.2) is 24.3 Å². The van der Waals surface area contributed by atoms with Gasteiger partial charge in [0.25, 0.3) is 0 Å². The standard InChI is InChI=1S/C19H30N2O4/c1-12(2)16(20)17(22)21(6)15(18(23)24)11-13-7-9-14(10-8-13)25-19(3,4)5/h7-10,12,15-16H,11,20H2,1-6H3,(H,23,24)/t15-,16+/m1/s1. The number of carboxylic acids is 1. The summed E-state index contributed by atoms with van der Waals surface area (Å²) in [6.07, 6.45) is 0.207. The summed E-state index contributed by atoms with van der Waals surface area (Å²) in [6.45, 7) is 9.54. The molecule has 0 aliphatic carbocycles. The first-order valence-electron chi connectivity index (χ1n) is 8.45. The Morgan fingerprint density at radius 1 is 1.20 bits per heavy atom. The van der Waals surface area contributed by atoms with Gasteiger partial charge < -0.3 is 20.5 Å². The van der Waals surface area contributed by atoms with E-state index in [1.54, 1.807) is 12.1 Å². The molecule has 25 heavy (non-hydrogen) atoms. The van der Waals surface area contributed by atoms with Gasteiger partial charge >= 0.3 is 5.97 Å².